The molecule has 1 aromatic rings. The average Bonchev–Trinajstić information content (AvgIpc) is 2.38. The number of hydrogen-bond acceptors (Lipinski definition) is 2. The Hall–Kier alpha value is -0.480. The van der Waals surface area contributed by atoms with Gasteiger partial charge in [0.2, 0.25) is 5.91 Å². The van der Waals surface area contributed by atoms with Gasteiger partial charge in [-0.3, -0.25) is 4.79 Å². The quantitative estimate of drug-likeness (QED) is 0.849. The highest BCUT2D eigenvalue weighted by Crippen LogP contribution is 2.28. The van der Waals surface area contributed by atoms with Gasteiger partial charge in [0.05, 0.1) is 16.1 Å². The first-order chi connectivity index (χ1) is 9.01. The molecule has 0 bridgehead atoms. The molecule has 0 heterocycles. The van der Waals surface area contributed by atoms with Crippen molar-refractivity contribution >= 4 is 41.5 Å². The van der Waals surface area contributed by atoms with E-state index >= 15 is 0 Å². The maximum atomic E-state index is 12.1. The molecule has 0 aliphatic carbocycles. The zero-order valence-electron chi connectivity index (χ0n) is 11.7. The minimum atomic E-state index is -0.0335. The number of hydrogen-bond donors (Lipinski definition) is 1. The summed E-state index contributed by atoms with van der Waals surface area (Å²) in [5.41, 5.74) is 6.44. The Balaban J connectivity index is 0.00000361. The van der Waals surface area contributed by atoms with Gasteiger partial charge in [0.15, 0.2) is 0 Å². The van der Waals surface area contributed by atoms with Gasteiger partial charge in [-0.25, -0.2) is 0 Å². The second-order valence-electron chi connectivity index (χ2n) is 4.48. The third kappa shape index (κ3) is 5.13. The van der Waals surface area contributed by atoms with E-state index in [1.165, 1.54) is 0 Å². The Morgan fingerprint density at radius 2 is 2.00 bits per heavy atom. The van der Waals surface area contributed by atoms with Crippen LogP contribution in [0.3, 0.4) is 0 Å². The maximum absolute atomic E-state index is 12.1. The van der Waals surface area contributed by atoms with E-state index in [1.54, 1.807) is 6.07 Å². The van der Waals surface area contributed by atoms with Crippen LogP contribution in [0, 0.1) is 0 Å². The monoisotopic (exact) mass is 338 g/mol. The summed E-state index contributed by atoms with van der Waals surface area (Å²) in [5.74, 6) is 0.0722. The molecule has 0 saturated carbocycles. The Morgan fingerprint density at radius 1 is 1.35 bits per heavy atom. The van der Waals surface area contributed by atoms with E-state index < -0.39 is 0 Å². The lowest BCUT2D eigenvalue weighted by molar-refractivity contribution is -0.133. The van der Waals surface area contributed by atoms with E-state index in [2.05, 4.69) is 0 Å². The van der Waals surface area contributed by atoms with Crippen molar-refractivity contribution in [3.8, 4) is 0 Å². The van der Waals surface area contributed by atoms with Crippen molar-refractivity contribution in [1.82, 2.24) is 4.90 Å². The molecule has 0 fully saturated rings. The SMILES string of the molecule is CCCN(C(=O)CCN)C(C)c1ccc(Cl)c(Cl)c1.Cl. The number of rotatable bonds is 6. The first kappa shape index (κ1) is 19.5. The molecule has 0 saturated heterocycles. The van der Waals surface area contributed by atoms with Crippen LogP contribution in [0.1, 0.15) is 38.3 Å². The van der Waals surface area contributed by atoms with Crippen LogP contribution in [0.15, 0.2) is 18.2 Å². The number of amides is 1. The summed E-state index contributed by atoms with van der Waals surface area (Å²) in [6.45, 7) is 5.11. The second kappa shape index (κ2) is 9.46. The third-order valence-electron chi connectivity index (χ3n) is 3.04. The van der Waals surface area contributed by atoms with Gasteiger partial charge in [0.25, 0.3) is 0 Å². The molecule has 0 aliphatic heterocycles. The van der Waals surface area contributed by atoms with Gasteiger partial charge in [-0.05, 0) is 31.0 Å². The zero-order valence-corrected chi connectivity index (χ0v) is 14.1. The lowest BCUT2D eigenvalue weighted by Crippen LogP contribution is -2.35. The molecular formula is C14H21Cl3N2O. The average molecular weight is 340 g/mol. The van der Waals surface area contributed by atoms with E-state index in [0.29, 0.717) is 29.6 Å². The minimum Gasteiger partial charge on any atom is -0.336 e. The maximum Gasteiger partial charge on any atom is 0.224 e. The van der Waals surface area contributed by atoms with Crippen molar-refractivity contribution < 1.29 is 4.79 Å². The highest BCUT2D eigenvalue weighted by atomic mass is 35.5. The Kier molecular flexibility index (Phi) is 9.23. The molecule has 20 heavy (non-hydrogen) atoms. The van der Waals surface area contributed by atoms with Crippen LogP contribution in [0.2, 0.25) is 10.0 Å². The van der Waals surface area contributed by atoms with Gasteiger partial charge in [-0.15, -0.1) is 12.4 Å². The molecule has 1 atom stereocenters. The highest BCUT2D eigenvalue weighted by molar-refractivity contribution is 6.42. The van der Waals surface area contributed by atoms with Gasteiger partial charge in [-0.2, -0.15) is 0 Å². The lowest BCUT2D eigenvalue weighted by Gasteiger charge is -2.29. The molecule has 2 N–H and O–H groups in total. The molecule has 1 rings (SSSR count). The number of nitrogens with two attached hydrogens (primary N) is 1. The summed E-state index contributed by atoms with van der Waals surface area (Å²) in [4.78, 5) is 13.9. The zero-order chi connectivity index (χ0) is 14.4. The summed E-state index contributed by atoms with van der Waals surface area (Å²) in [5, 5.41) is 1.03. The molecule has 1 unspecified atom stereocenters. The molecule has 0 aliphatic rings. The van der Waals surface area contributed by atoms with Gasteiger partial charge < -0.3 is 10.6 Å². The first-order valence-corrected chi connectivity index (χ1v) is 7.21. The van der Waals surface area contributed by atoms with Gasteiger partial charge in [-0.1, -0.05) is 36.2 Å². The predicted molar refractivity (Wildman–Crippen MR) is 87.8 cm³/mol. The lowest BCUT2D eigenvalue weighted by atomic mass is 10.1. The van der Waals surface area contributed by atoms with Crippen molar-refractivity contribution in [3.05, 3.63) is 33.8 Å². The van der Waals surface area contributed by atoms with Crippen LogP contribution in [0.25, 0.3) is 0 Å². The molecule has 6 heteroatoms. The topological polar surface area (TPSA) is 46.3 Å². The summed E-state index contributed by atoms with van der Waals surface area (Å²) in [6.07, 6.45) is 1.27. The van der Waals surface area contributed by atoms with Crippen molar-refractivity contribution in [2.24, 2.45) is 5.73 Å². The fourth-order valence-electron chi connectivity index (χ4n) is 1.99. The fraction of sp³-hybridized carbons (Fsp3) is 0.500. The molecule has 1 aromatic carbocycles. The smallest absolute Gasteiger partial charge is 0.224 e. The minimum absolute atomic E-state index is 0. The number of nitrogens with zero attached hydrogens (tertiary/aromatic N) is 1. The fourth-order valence-corrected chi connectivity index (χ4v) is 2.30. The van der Waals surface area contributed by atoms with Crippen LogP contribution in [-0.4, -0.2) is 23.9 Å². The van der Waals surface area contributed by atoms with Gasteiger partial charge >= 0.3 is 0 Å². The third-order valence-corrected chi connectivity index (χ3v) is 3.78. The van der Waals surface area contributed by atoms with Crippen molar-refractivity contribution in [2.45, 2.75) is 32.7 Å². The van der Waals surface area contributed by atoms with Crippen molar-refractivity contribution in [1.29, 1.82) is 0 Å². The summed E-state index contributed by atoms with van der Waals surface area (Å²) in [7, 11) is 0. The number of carbonyl (C=O) groups excluding carboxylic acids is 1. The number of carbonyl (C=O) groups is 1. The normalized spacial score (nSPS) is 11.7. The van der Waals surface area contributed by atoms with E-state index in [1.807, 2.05) is 30.9 Å². The molecule has 0 aromatic heterocycles. The standard InChI is InChI=1S/C14H20Cl2N2O.ClH/c1-3-8-18(14(19)6-7-17)10(2)11-4-5-12(15)13(16)9-11;/h4-5,9-10H,3,6-8,17H2,1-2H3;1H. The largest absolute Gasteiger partial charge is 0.336 e. The van der Waals surface area contributed by atoms with Crippen LogP contribution in [0.4, 0.5) is 0 Å². The highest BCUT2D eigenvalue weighted by Gasteiger charge is 2.20. The van der Waals surface area contributed by atoms with E-state index in [9.17, 15) is 4.79 Å². The summed E-state index contributed by atoms with van der Waals surface area (Å²) in [6, 6.07) is 5.44. The Morgan fingerprint density at radius 3 is 2.50 bits per heavy atom. The van der Waals surface area contributed by atoms with E-state index in [0.717, 1.165) is 12.0 Å². The van der Waals surface area contributed by atoms with Gasteiger partial charge in [0.1, 0.15) is 0 Å². The molecule has 0 spiro atoms. The molecule has 114 valence electrons. The summed E-state index contributed by atoms with van der Waals surface area (Å²) >= 11 is 11.9. The Labute approximate surface area is 136 Å². The molecular weight excluding hydrogens is 319 g/mol. The Bertz CT molecular complexity index is 440. The summed E-state index contributed by atoms with van der Waals surface area (Å²) < 4.78 is 0. The van der Waals surface area contributed by atoms with Gasteiger partial charge in [0, 0.05) is 19.5 Å². The van der Waals surface area contributed by atoms with Crippen molar-refractivity contribution in [2.75, 3.05) is 13.1 Å². The molecule has 1 amide bonds. The number of halogens is 3. The van der Waals surface area contributed by atoms with Crippen LogP contribution >= 0.6 is 35.6 Å². The van der Waals surface area contributed by atoms with Crippen molar-refractivity contribution in [3.63, 3.8) is 0 Å². The molecule has 3 nitrogen and oxygen atoms in total. The predicted octanol–water partition coefficient (Wildman–Crippen LogP) is 4.06. The van der Waals surface area contributed by atoms with Crippen LogP contribution < -0.4 is 5.73 Å². The number of benzene rings is 1. The first-order valence-electron chi connectivity index (χ1n) is 6.45. The van der Waals surface area contributed by atoms with Crippen LogP contribution in [0.5, 0.6) is 0 Å². The van der Waals surface area contributed by atoms with Crippen LogP contribution in [-0.2, 0) is 4.79 Å². The molecule has 0 radical (unpaired) electrons. The van der Waals surface area contributed by atoms with E-state index in [4.69, 9.17) is 28.9 Å². The second-order valence-corrected chi connectivity index (χ2v) is 5.29. The van der Waals surface area contributed by atoms with E-state index in [-0.39, 0.29) is 24.4 Å².